The Balaban J connectivity index is 2.24. The minimum atomic E-state index is -0.312. The standard InChI is InChI=1S/C15H15NO2/c1-11-5-4-6-15(16(11)3)13-7-9-14(10-8-13)18-12(2)17/h4-10H,1H2,2-3H3. The van der Waals surface area contributed by atoms with Gasteiger partial charge in [0.2, 0.25) is 0 Å². The molecule has 0 fully saturated rings. The molecule has 1 aliphatic heterocycles. The van der Waals surface area contributed by atoms with Crippen molar-refractivity contribution in [1.29, 1.82) is 0 Å². The van der Waals surface area contributed by atoms with Crippen molar-refractivity contribution in [2.24, 2.45) is 0 Å². The summed E-state index contributed by atoms with van der Waals surface area (Å²) in [6, 6.07) is 7.42. The summed E-state index contributed by atoms with van der Waals surface area (Å²) in [5.41, 5.74) is 3.06. The Kier molecular flexibility index (Phi) is 3.33. The molecule has 2 rings (SSSR count). The number of hydrogen-bond acceptors (Lipinski definition) is 3. The smallest absolute Gasteiger partial charge is 0.308 e. The van der Waals surface area contributed by atoms with Crippen LogP contribution in [0.15, 0.2) is 54.8 Å². The zero-order valence-corrected chi connectivity index (χ0v) is 10.5. The summed E-state index contributed by atoms with van der Waals surface area (Å²) in [6.07, 6.45) is 5.95. The number of likely N-dealkylation sites (N-methyl/N-ethyl adjacent to an activating group) is 1. The first-order chi connectivity index (χ1) is 8.58. The molecule has 0 radical (unpaired) electrons. The van der Waals surface area contributed by atoms with Gasteiger partial charge in [0, 0.05) is 25.4 Å². The first-order valence-corrected chi connectivity index (χ1v) is 5.68. The molecule has 0 amide bonds. The number of allylic oxidation sites excluding steroid dienone is 3. The van der Waals surface area contributed by atoms with Crippen LogP contribution in [0.4, 0.5) is 0 Å². The normalized spacial score (nSPS) is 14.4. The molecule has 0 N–H and O–H groups in total. The topological polar surface area (TPSA) is 29.5 Å². The summed E-state index contributed by atoms with van der Waals surface area (Å²) in [4.78, 5) is 12.8. The predicted molar refractivity (Wildman–Crippen MR) is 71.8 cm³/mol. The average Bonchev–Trinajstić information content (AvgIpc) is 2.33. The van der Waals surface area contributed by atoms with Crippen molar-refractivity contribution < 1.29 is 9.53 Å². The maximum atomic E-state index is 10.8. The van der Waals surface area contributed by atoms with Crippen molar-refractivity contribution in [2.45, 2.75) is 6.92 Å². The number of benzene rings is 1. The zero-order valence-electron chi connectivity index (χ0n) is 10.5. The van der Waals surface area contributed by atoms with Gasteiger partial charge in [0.15, 0.2) is 0 Å². The fourth-order valence-corrected chi connectivity index (χ4v) is 1.78. The minimum Gasteiger partial charge on any atom is -0.427 e. The second kappa shape index (κ2) is 4.92. The second-order valence-electron chi connectivity index (χ2n) is 4.08. The van der Waals surface area contributed by atoms with Gasteiger partial charge in [0.1, 0.15) is 5.75 Å². The number of hydrogen-bond donors (Lipinski definition) is 0. The average molecular weight is 241 g/mol. The van der Waals surface area contributed by atoms with Gasteiger partial charge in [-0.2, -0.15) is 0 Å². The molecule has 1 heterocycles. The highest BCUT2D eigenvalue weighted by Gasteiger charge is 2.11. The van der Waals surface area contributed by atoms with Crippen molar-refractivity contribution in [3.8, 4) is 5.75 Å². The van der Waals surface area contributed by atoms with Gasteiger partial charge in [0.25, 0.3) is 0 Å². The van der Waals surface area contributed by atoms with E-state index in [1.165, 1.54) is 6.92 Å². The molecule has 0 saturated heterocycles. The monoisotopic (exact) mass is 241 g/mol. The van der Waals surface area contributed by atoms with Crippen LogP contribution in [-0.2, 0) is 4.79 Å². The molecule has 3 heteroatoms. The van der Waals surface area contributed by atoms with Crippen molar-refractivity contribution in [1.82, 2.24) is 4.90 Å². The summed E-state index contributed by atoms with van der Waals surface area (Å²) in [5, 5.41) is 0. The summed E-state index contributed by atoms with van der Waals surface area (Å²) < 4.78 is 5.00. The van der Waals surface area contributed by atoms with Gasteiger partial charge in [0.05, 0.1) is 0 Å². The maximum Gasteiger partial charge on any atom is 0.308 e. The number of carbonyl (C=O) groups is 1. The van der Waals surface area contributed by atoms with E-state index >= 15 is 0 Å². The molecule has 0 spiro atoms. The van der Waals surface area contributed by atoms with Crippen molar-refractivity contribution in [2.75, 3.05) is 7.05 Å². The van der Waals surface area contributed by atoms with Gasteiger partial charge in [-0.3, -0.25) is 4.79 Å². The molecule has 0 aliphatic carbocycles. The van der Waals surface area contributed by atoms with Gasteiger partial charge < -0.3 is 9.64 Å². The van der Waals surface area contributed by atoms with E-state index in [1.807, 2.05) is 42.3 Å². The van der Waals surface area contributed by atoms with E-state index in [0.29, 0.717) is 5.75 Å². The van der Waals surface area contributed by atoms with Gasteiger partial charge in [-0.1, -0.05) is 12.7 Å². The van der Waals surface area contributed by atoms with Crippen LogP contribution in [-0.4, -0.2) is 17.9 Å². The Morgan fingerprint density at radius 1 is 1.28 bits per heavy atom. The maximum absolute atomic E-state index is 10.8. The summed E-state index contributed by atoms with van der Waals surface area (Å²) in [7, 11) is 1.97. The van der Waals surface area contributed by atoms with Crippen LogP contribution in [0.2, 0.25) is 0 Å². The van der Waals surface area contributed by atoms with Crippen LogP contribution in [0.1, 0.15) is 12.5 Å². The lowest BCUT2D eigenvalue weighted by atomic mass is 10.1. The zero-order chi connectivity index (χ0) is 13.1. The first kappa shape index (κ1) is 12.2. The van der Waals surface area contributed by atoms with Crippen molar-refractivity contribution in [3.05, 3.63) is 60.3 Å². The molecule has 1 aromatic rings. The van der Waals surface area contributed by atoms with Gasteiger partial charge in [-0.25, -0.2) is 0 Å². The Labute approximate surface area is 107 Å². The van der Waals surface area contributed by atoms with Crippen LogP contribution in [0.25, 0.3) is 5.70 Å². The Bertz CT molecular complexity index is 538. The van der Waals surface area contributed by atoms with E-state index in [0.717, 1.165) is 17.0 Å². The van der Waals surface area contributed by atoms with E-state index in [2.05, 4.69) is 6.58 Å². The fourth-order valence-electron chi connectivity index (χ4n) is 1.78. The quantitative estimate of drug-likeness (QED) is 0.589. The summed E-state index contributed by atoms with van der Waals surface area (Å²) >= 11 is 0. The van der Waals surface area contributed by atoms with E-state index in [9.17, 15) is 4.79 Å². The highest BCUT2D eigenvalue weighted by atomic mass is 16.5. The number of rotatable bonds is 2. The molecule has 0 aromatic heterocycles. The lowest BCUT2D eigenvalue weighted by molar-refractivity contribution is -0.131. The number of ether oxygens (including phenoxy) is 1. The summed E-state index contributed by atoms with van der Waals surface area (Å²) in [6.45, 7) is 5.35. The third kappa shape index (κ3) is 2.51. The van der Waals surface area contributed by atoms with E-state index < -0.39 is 0 Å². The lowest BCUT2D eigenvalue weighted by Crippen LogP contribution is -2.16. The lowest BCUT2D eigenvalue weighted by Gasteiger charge is -2.25. The molecule has 0 unspecified atom stereocenters. The fraction of sp³-hybridized carbons (Fsp3) is 0.133. The second-order valence-corrected chi connectivity index (χ2v) is 4.08. The highest BCUT2D eigenvalue weighted by Crippen LogP contribution is 2.26. The van der Waals surface area contributed by atoms with Crippen LogP contribution < -0.4 is 4.74 Å². The van der Waals surface area contributed by atoms with Crippen molar-refractivity contribution >= 4 is 11.7 Å². The number of nitrogens with zero attached hydrogens (tertiary/aromatic N) is 1. The van der Waals surface area contributed by atoms with E-state index in [1.54, 1.807) is 12.1 Å². The Morgan fingerprint density at radius 2 is 1.94 bits per heavy atom. The van der Waals surface area contributed by atoms with Crippen LogP contribution >= 0.6 is 0 Å². The number of esters is 1. The SMILES string of the molecule is C=C1C=CC=C(c2ccc(OC(C)=O)cc2)N1C. The highest BCUT2D eigenvalue weighted by molar-refractivity contribution is 5.71. The molecule has 0 atom stereocenters. The predicted octanol–water partition coefficient (Wildman–Crippen LogP) is 2.97. The largest absolute Gasteiger partial charge is 0.427 e. The third-order valence-electron chi connectivity index (χ3n) is 2.75. The van der Waals surface area contributed by atoms with Gasteiger partial charge >= 0.3 is 5.97 Å². The summed E-state index contributed by atoms with van der Waals surface area (Å²) in [5.74, 6) is 0.243. The first-order valence-electron chi connectivity index (χ1n) is 5.68. The van der Waals surface area contributed by atoms with Gasteiger partial charge in [-0.15, -0.1) is 0 Å². The van der Waals surface area contributed by atoms with Crippen molar-refractivity contribution in [3.63, 3.8) is 0 Å². The molecule has 18 heavy (non-hydrogen) atoms. The van der Waals surface area contributed by atoms with E-state index in [4.69, 9.17) is 4.74 Å². The Morgan fingerprint density at radius 3 is 2.56 bits per heavy atom. The molecule has 1 aromatic carbocycles. The molecule has 92 valence electrons. The molecular weight excluding hydrogens is 226 g/mol. The molecule has 1 aliphatic rings. The number of carbonyl (C=O) groups excluding carboxylic acids is 1. The molecule has 0 bridgehead atoms. The van der Waals surface area contributed by atoms with Gasteiger partial charge in [-0.05, 0) is 42.0 Å². The Hall–Kier alpha value is -2.29. The minimum absolute atomic E-state index is 0.312. The molecular formula is C15H15NO2. The van der Waals surface area contributed by atoms with Crippen LogP contribution in [0, 0.1) is 0 Å². The third-order valence-corrected chi connectivity index (χ3v) is 2.75. The molecule has 0 saturated carbocycles. The van der Waals surface area contributed by atoms with E-state index in [-0.39, 0.29) is 5.97 Å². The molecule has 3 nitrogen and oxygen atoms in total. The van der Waals surface area contributed by atoms with Crippen LogP contribution in [0.5, 0.6) is 5.75 Å². The van der Waals surface area contributed by atoms with Crippen LogP contribution in [0.3, 0.4) is 0 Å².